The third-order valence-electron chi connectivity index (χ3n) is 2.87. The number of H-pyrrole nitrogens is 1. The van der Waals surface area contributed by atoms with Gasteiger partial charge in [0, 0.05) is 6.07 Å². The van der Waals surface area contributed by atoms with Crippen molar-refractivity contribution in [3.05, 3.63) is 56.2 Å². The van der Waals surface area contributed by atoms with Crippen molar-refractivity contribution < 1.29 is 8.78 Å². The Balaban J connectivity index is 2.39. The molecular formula is C13H6BrClF2N2S. The minimum Gasteiger partial charge on any atom is -0.330 e. The molecule has 0 spiro atoms. The van der Waals surface area contributed by atoms with E-state index in [-0.39, 0.29) is 5.02 Å². The summed E-state index contributed by atoms with van der Waals surface area (Å²) in [5, 5.41) is 0.224. The Morgan fingerprint density at radius 1 is 1.20 bits per heavy atom. The molecule has 1 heterocycles. The molecule has 1 aromatic heterocycles. The molecule has 0 fully saturated rings. The van der Waals surface area contributed by atoms with Crippen molar-refractivity contribution in [2.75, 3.05) is 0 Å². The van der Waals surface area contributed by atoms with Crippen LogP contribution in [0.15, 0.2) is 34.8 Å². The predicted octanol–water partition coefficient (Wildman–Crippen LogP) is 5.38. The monoisotopic (exact) mass is 374 g/mol. The number of hydrogen-bond donors (Lipinski definition) is 1. The van der Waals surface area contributed by atoms with Gasteiger partial charge in [-0.25, -0.2) is 8.78 Å². The first kappa shape index (κ1) is 13.7. The summed E-state index contributed by atoms with van der Waals surface area (Å²) in [6.45, 7) is 0. The molecule has 1 N–H and O–H groups in total. The lowest BCUT2D eigenvalue weighted by Gasteiger charge is -2.07. The average Bonchev–Trinajstić information content (AvgIpc) is 2.66. The van der Waals surface area contributed by atoms with Crippen LogP contribution in [0.1, 0.15) is 0 Å². The van der Waals surface area contributed by atoms with E-state index in [4.69, 9.17) is 23.8 Å². The van der Waals surface area contributed by atoms with Crippen LogP contribution in [0, 0.1) is 16.4 Å². The van der Waals surface area contributed by atoms with Crippen molar-refractivity contribution in [2.24, 2.45) is 0 Å². The van der Waals surface area contributed by atoms with Crippen LogP contribution in [0.4, 0.5) is 8.78 Å². The highest BCUT2D eigenvalue weighted by Gasteiger charge is 2.12. The van der Waals surface area contributed by atoms with Crippen LogP contribution in [0.2, 0.25) is 5.02 Å². The van der Waals surface area contributed by atoms with Crippen LogP contribution >= 0.6 is 39.7 Å². The summed E-state index contributed by atoms with van der Waals surface area (Å²) >= 11 is 14.4. The van der Waals surface area contributed by atoms with E-state index in [1.807, 2.05) is 0 Å². The summed E-state index contributed by atoms with van der Waals surface area (Å²) in [7, 11) is 0. The summed E-state index contributed by atoms with van der Waals surface area (Å²) in [4.78, 5) is 2.90. The Hall–Kier alpha value is -1.24. The molecule has 0 atom stereocenters. The minimum absolute atomic E-state index is 0.224. The Morgan fingerprint density at radius 2 is 1.95 bits per heavy atom. The molecule has 0 amide bonds. The van der Waals surface area contributed by atoms with Crippen LogP contribution < -0.4 is 0 Å². The third kappa shape index (κ3) is 2.17. The second-order valence-electron chi connectivity index (χ2n) is 4.14. The molecule has 0 aliphatic heterocycles. The number of fused-ring (bicyclic) bond motifs is 1. The fourth-order valence-corrected chi connectivity index (χ4v) is 2.89. The molecule has 2 nitrogen and oxygen atoms in total. The lowest BCUT2D eigenvalue weighted by Crippen LogP contribution is -1.96. The van der Waals surface area contributed by atoms with Gasteiger partial charge in [0.05, 0.1) is 26.2 Å². The number of hydrogen-bond acceptors (Lipinski definition) is 1. The molecule has 0 radical (unpaired) electrons. The van der Waals surface area contributed by atoms with Crippen molar-refractivity contribution in [3.63, 3.8) is 0 Å². The largest absolute Gasteiger partial charge is 0.330 e. The molecule has 0 bridgehead atoms. The summed E-state index contributed by atoms with van der Waals surface area (Å²) in [5.41, 5.74) is 1.72. The van der Waals surface area contributed by atoms with Gasteiger partial charge < -0.3 is 4.98 Å². The van der Waals surface area contributed by atoms with Crippen molar-refractivity contribution in [3.8, 4) is 5.69 Å². The number of benzene rings is 2. The highest BCUT2D eigenvalue weighted by Crippen LogP contribution is 2.29. The first-order valence-electron chi connectivity index (χ1n) is 5.52. The molecule has 0 unspecified atom stereocenters. The minimum atomic E-state index is -0.433. The van der Waals surface area contributed by atoms with E-state index in [0.29, 0.717) is 26.0 Å². The quantitative estimate of drug-likeness (QED) is 0.566. The normalized spacial score (nSPS) is 11.2. The van der Waals surface area contributed by atoms with Crippen LogP contribution in [-0.2, 0) is 0 Å². The highest BCUT2D eigenvalue weighted by molar-refractivity contribution is 9.10. The number of nitrogens with zero attached hydrogens (tertiary/aromatic N) is 1. The second kappa shape index (κ2) is 4.95. The lowest BCUT2D eigenvalue weighted by atomic mass is 10.2. The molecule has 2 aromatic carbocycles. The number of halogens is 4. The molecule has 0 aliphatic rings. The maximum absolute atomic E-state index is 13.5. The van der Waals surface area contributed by atoms with Crippen molar-refractivity contribution in [1.82, 2.24) is 9.55 Å². The Morgan fingerprint density at radius 3 is 2.65 bits per heavy atom. The Kier molecular flexibility index (Phi) is 3.40. The van der Waals surface area contributed by atoms with Crippen LogP contribution in [0.25, 0.3) is 16.7 Å². The zero-order valence-corrected chi connectivity index (χ0v) is 12.9. The zero-order chi connectivity index (χ0) is 14.4. The van der Waals surface area contributed by atoms with E-state index in [9.17, 15) is 8.78 Å². The third-order valence-corrected chi connectivity index (χ3v) is 4.07. The molecule has 20 heavy (non-hydrogen) atoms. The standard InChI is InChI=1S/C13H6BrClF2N2S/c14-7-4-12-10(5-9(7)17)18-13(20)19(12)11-2-1-6(16)3-8(11)15/h1-5H,(H,18,20). The van der Waals surface area contributed by atoms with Crippen LogP contribution in [0.5, 0.6) is 0 Å². The summed E-state index contributed by atoms with van der Waals surface area (Å²) in [5.74, 6) is -0.830. The summed E-state index contributed by atoms with van der Waals surface area (Å²) in [6, 6.07) is 6.95. The van der Waals surface area contributed by atoms with E-state index in [1.165, 1.54) is 24.3 Å². The van der Waals surface area contributed by atoms with Gasteiger partial charge in [0.2, 0.25) is 0 Å². The highest BCUT2D eigenvalue weighted by atomic mass is 79.9. The smallest absolute Gasteiger partial charge is 0.182 e. The number of rotatable bonds is 1. The lowest BCUT2D eigenvalue weighted by molar-refractivity contribution is 0.623. The second-order valence-corrected chi connectivity index (χ2v) is 5.79. The molecule has 3 rings (SSSR count). The maximum Gasteiger partial charge on any atom is 0.182 e. The Labute approximate surface area is 131 Å². The van der Waals surface area contributed by atoms with Gasteiger partial charge in [-0.05, 0) is 52.4 Å². The van der Waals surface area contributed by atoms with Crippen LogP contribution in [0.3, 0.4) is 0 Å². The van der Waals surface area contributed by atoms with Gasteiger partial charge in [-0.2, -0.15) is 0 Å². The van der Waals surface area contributed by atoms with Gasteiger partial charge >= 0.3 is 0 Å². The number of aromatic amines is 1. The van der Waals surface area contributed by atoms with Gasteiger partial charge in [-0.3, -0.25) is 4.57 Å². The fourth-order valence-electron chi connectivity index (χ4n) is 2.00. The van der Waals surface area contributed by atoms with Gasteiger partial charge in [0.1, 0.15) is 11.6 Å². The molecule has 102 valence electrons. The van der Waals surface area contributed by atoms with Gasteiger partial charge in [0.25, 0.3) is 0 Å². The number of nitrogens with one attached hydrogen (secondary N) is 1. The maximum atomic E-state index is 13.5. The van der Waals surface area contributed by atoms with Crippen LogP contribution in [-0.4, -0.2) is 9.55 Å². The fraction of sp³-hybridized carbons (Fsp3) is 0. The topological polar surface area (TPSA) is 20.7 Å². The predicted molar refractivity (Wildman–Crippen MR) is 81.1 cm³/mol. The average molecular weight is 376 g/mol. The molecule has 0 saturated carbocycles. The Bertz CT molecular complexity index is 888. The van der Waals surface area contributed by atoms with E-state index < -0.39 is 11.6 Å². The van der Waals surface area contributed by atoms with Gasteiger partial charge in [0.15, 0.2) is 4.77 Å². The molecular weight excluding hydrogens is 370 g/mol. The van der Waals surface area contributed by atoms with E-state index >= 15 is 0 Å². The molecule has 0 aliphatic carbocycles. The number of aromatic nitrogens is 2. The zero-order valence-electron chi connectivity index (χ0n) is 9.75. The molecule has 0 saturated heterocycles. The summed E-state index contributed by atoms with van der Waals surface area (Å²) in [6.07, 6.45) is 0. The first-order chi connectivity index (χ1) is 9.47. The van der Waals surface area contributed by atoms with Crippen molar-refractivity contribution >= 4 is 50.8 Å². The van der Waals surface area contributed by atoms with Gasteiger partial charge in [-0.1, -0.05) is 11.6 Å². The number of imidazole rings is 1. The first-order valence-corrected chi connectivity index (χ1v) is 7.10. The van der Waals surface area contributed by atoms with E-state index in [1.54, 1.807) is 10.6 Å². The van der Waals surface area contributed by atoms with Crippen molar-refractivity contribution in [1.29, 1.82) is 0 Å². The van der Waals surface area contributed by atoms with Gasteiger partial charge in [-0.15, -0.1) is 0 Å². The molecule has 3 aromatic rings. The SMILES string of the molecule is Fc1ccc(-n2c(=S)[nH]c3cc(F)c(Br)cc32)c(Cl)c1. The van der Waals surface area contributed by atoms with E-state index in [2.05, 4.69) is 20.9 Å². The van der Waals surface area contributed by atoms with E-state index in [0.717, 1.165) is 0 Å². The summed E-state index contributed by atoms with van der Waals surface area (Å²) < 4.78 is 29.0. The molecule has 7 heteroatoms. The van der Waals surface area contributed by atoms with Crippen molar-refractivity contribution in [2.45, 2.75) is 0 Å².